The topological polar surface area (TPSA) is 90.4 Å². The standard InChI is InChI=1S/C26H27N5O2/c1-16(2)28-26-27-15-19-12-22(24(32)14-23(19)30-26)17-7-5-8-18(11-17)25(33)29-20-9-6-10-21(13-20)31(3)4/h5-16,32H,1-4H3,(H,29,33)(H,27,28,30). The first-order valence-corrected chi connectivity index (χ1v) is 10.8. The lowest BCUT2D eigenvalue weighted by molar-refractivity contribution is 0.102. The molecule has 33 heavy (non-hydrogen) atoms. The van der Waals surface area contributed by atoms with Gasteiger partial charge in [0.2, 0.25) is 5.95 Å². The molecule has 168 valence electrons. The molecule has 0 spiro atoms. The average Bonchev–Trinajstić information content (AvgIpc) is 2.78. The molecule has 3 aromatic carbocycles. The molecule has 0 atom stereocenters. The Kier molecular flexibility index (Phi) is 6.13. The Balaban J connectivity index is 1.62. The summed E-state index contributed by atoms with van der Waals surface area (Å²) in [7, 11) is 3.90. The van der Waals surface area contributed by atoms with E-state index in [4.69, 9.17) is 0 Å². The number of rotatable bonds is 6. The van der Waals surface area contributed by atoms with Crippen molar-refractivity contribution >= 4 is 34.1 Å². The van der Waals surface area contributed by atoms with Crippen molar-refractivity contribution in [3.05, 3.63) is 72.4 Å². The smallest absolute Gasteiger partial charge is 0.255 e. The molecule has 1 aromatic heterocycles. The molecule has 1 heterocycles. The van der Waals surface area contributed by atoms with E-state index in [1.165, 1.54) is 0 Å². The molecule has 0 bridgehead atoms. The summed E-state index contributed by atoms with van der Waals surface area (Å²) in [4.78, 5) is 23.7. The third kappa shape index (κ3) is 5.03. The van der Waals surface area contributed by atoms with E-state index in [9.17, 15) is 9.90 Å². The van der Waals surface area contributed by atoms with E-state index in [1.54, 1.807) is 30.5 Å². The van der Waals surface area contributed by atoms with E-state index >= 15 is 0 Å². The zero-order valence-electron chi connectivity index (χ0n) is 19.1. The number of carbonyl (C=O) groups is 1. The number of phenolic OH excluding ortho intramolecular Hbond substituents is 1. The van der Waals surface area contributed by atoms with Gasteiger partial charge < -0.3 is 20.6 Å². The van der Waals surface area contributed by atoms with Gasteiger partial charge in [0, 0.05) is 60.3 Å². The van der Waals surface area contributed by atoms with Crippen LogP contribution in [0, 0.1) is 0 Å². The van der Waals surface area contributed by atoms with Crippen LogP contribution in [0.5, 0.6) is 5.75 Å². The molecule has 1 amide bonds. The van der Waals surface area contributed by atoms with Crippen LogP contribution < -0.4 is 15.5 Å². The van der Waals surface area contributed by atoms with Gasteiger partial charge in [0.25, 0.3) is 5.91 Å². The van der Waals surface area contributed by atoms with Gasteiger partial charge in [-0.3, -0.25) is 4.79 Å². The quantitative estimate of drug-likeness (QED) is 0.384. The number of fused-ring (bicyclic) bond motifs is 1. The highest BCUT2D eigenvalue weighted by Gasteiger charge is 2.13. The molecule has 4 aromatic rings. The molecule has 3 N–H and O–H groups in total. The number of amides is 1. The van der Waals surface area contributed by atoms with E-state index in [1.807, 2.05) is 69.2 Å². The second kappa shape index (κ2) is 9.16. The van der Waals surface area contributed by atoms with Gasteiger partial charge in [-0.1, -0.05) is 18.2 Å². The van der Waals surface area contributed by atoms with Gasteiger partial charge in [0.1, 0.15) is 5.75 Å². The minimum Gasteiger partial charge on any atom is -0.507 e. The number of carbonyl (C=O) groups excluding carboxylic acids is 1. The normalized spacial score (nSPS) is 10.9. The molecule has 0 aliphatic carbocycles. The van der Waals surface area contributed by atoms with Gasteiger partial charge in [0.15, 0.2) is 0 Å². The molecule has 0 fully saturated rings. The molecule has 7 nitrogen and oxygen atoms in total. The first kappa shape index (κ1) is 22.1. The minimum absolute atomic E-state index is 0.0907. The number of anilines is 3. The zero-order chi connectivity index (χ0) is 23.5. The van der Waals surface area contributed by atoms with Crippen LogP contribution in [0.3, 0.4) is 0 Å². The number of aromatic nitrogens is 2. The van der Waals surface area contributed by atoms with Gasteiger partial charge in [-0.25, -0.2) is 9.97 Å². The van der Waals surface area contributed by atoms with E-state index < -0.39 is 0 Å². The van der Waals surface area contributed by atoms with Gasteiger partial charge in [0.05, 0.1) is 5.52 Å². The lowest BCUT2D eigenvalue weighted by Crippen LogP contribution is -2.13. The van der Waals surface area contributed by atoms with Crippen LogP contribution in [-0.2, 0) is 0 Å². The maximum atomic E-state index is 12.9. The third-order valence-electron chi connectivity index (χ3n) is 5.17. The summed E-state index contributed by atoms with van der Waals surface area (Å²) in [5.74, 6) is 0.385. The summed E-state index contributed by atoms with van der Waals surface area (Å²) in [6.07, 6.45) is 1.73. The monoisotopic (exact) mass is 441 g/mol. The van der Waals surface area contributed by atoms with Crippen LogP contribution >= 0.6 is 0 Å². The van der Waals surface area contributed by atoms with Crippen LogP contribution in [-0.4, -0.2) is 41.1 Å². The highest BCUT2D eigenvalue weighted by atomic mass is 16.3. The fourth-order valence-corrected chi connectivity index (χ4v) is 3.52. The van der Waals surface area contributed by atoms with Crippen molar-refractivity contribution in [2.24, 2.45) is 0 Å². The second-order valence-electron chi connectivity index (χ2n) is 8.40. The Bertz CT molecular complexity index is 1320. The molecule has 0 aliphatic heterocycles. The van der Waals surface area contributed by atoms with Crippen LogP contribution in [0.15, 0.2) is 66.9 Å². The summed E-state index contributed by atoms with van der Waals surface area (Å²) in [5, 5.41) is 17.6. The summed E-state index contributed by atoms with van der Waals surface area (Å²) in [6.45, 7) is 4.02. The van der Waals surface area contributed by atoms with Crippen molar-refractivity contribution in [2.75, 3.05) is 29.6 Å². The summed E-state index contributed by atoms with van der Waals surface area (Å²) in [6, 6.07) is 18.5. The van der Waals surface area contributed by atoms with Crippen molar-refractivity contribution < 1.29 is 9.90 Å². The van der Waals surface area contributed by atoms with Crippen LogP contribution in [0.25, 0.3) is 22.0 Å². The summed E-state index contributed by atoms with van der Waals surface area (Å²) >= 11 is 0. The Morgan fingerprint density at radius 3 is 2.58 bits per heavy atom. The first-order chi connectivity index (χ1) is 15.8. The molecule has 0 saturated heterocycles. The number of hydrogen-bond acceptors (Lipinski definition) is 6. The van der Waals surface area contributed by atoms with E-state index in [0.29, 0.717) is 28.3 Å². The lowest BCUT2D eigenvalue weighted by atomic mass is 10.00. The summed E-state index contributed by atoms with van der Waals surface area (Å²) in [5.41, 5.74) is 4.19. The largest absolute Gasteiger partial charge is 0.507 e. The summed E-state index contributed by atoms with van der Waals surface area (Å²) < 4.78 is 0. The van der Waals surface area contributed by atoms with Gasteiger partial charge in [-0.2, -0.15) is 0 Å². The molecule has 7 heteroatoms. The van der Waals surface area contributed by atoms with Crippen LogP contribution in [0.4, 0.5) is 17.3 Å². The predicted molar refractivity (Wildman–Crippen MR) is 134 cm³/mol. The number of nitrogens with one attached hydrogen (secondary N) is 2. The fraction of sp³-hybridized carbons (Fsp3) is 0.192. The Morgan fingerprint density at radius 1 is 1.03 bits per heavy atom. The Hall–Kier alpha value is -4.13. The Morgan fingerprint density at radius 2 is 1.82 bits per heavy atom. The van der Waals surface area contributed by atoms with E-state index in [0.717, 1.165) is 16.6 Å². The van der Waals surface area contributed by atoms with Crippen molar-refractivity contribution in [1.82, 2.24) is 9.97 Å². The minimum atomic E-state index is -0.222. The number of aromatic hydroxyl groups is 1. The molecule has 0 aliphatic rings. The highest BCUT2D eigenvalue weighted by molar-refractivity contribution is 6.05. The number of hydrogen-bond donors (Lipinski definition) is 3. The molecular formula is C26H27N5O2. The van der Waals surface area contributed by atoms with Crippen molar-refractivity contribution in [3.8, 4) is 16.9 Å². The first-order valence-electron chi connectivity index (χ1n) is 10.8. The average molecular weight is 442 g/mol. The van der Waals surface area contributed by atoms with Crippen molar-refractivity contribution in [1.29, 1.82) is 0 Å². The number of nitrogens with zero attached hydrogens (tertiary/aromatic N) is 3. The maximum absolute atomic E-state index is 12.9. The lowest BCUT2D eigenvalue weighted by Gasteiger charge is -2.14. The van der Waals surface area contributed by atoms with Crippen molar-refractivity contribution in [3.63, 3.8) is 0 Å². The van der Waals surface area contributed by atoms with Crippen molar-refractivity contribution in [2.45, 2.75) is 19.9 Å². The molecular weight excluding hydrogens is 414 g/mol. The van der Waals surface area contributed by atoms with Gasteiger partial charge in [-0.15, -0.1) is 0 Å². The maximum Gasteiger partial charge on any atom is 0.255 e. The van der Waals surface area contributed by atoms with E-state index in [-0.39, 0.29) is 17.7 Å². The fourth-order valence-electron chi connectivity index (χ4n) is 3.52. The molecule has 4 rings (SSSR count). The number of phenols is 1. The molecule has 0 saturated carbocycles. The van der Waals surface area contributed by atoms with E-state index in [2.05, 4.69) is 20.6 Å². The second-order valence-corrected chi connectivity index (χ2v) is 8.40. The molecule has 0 radical (unpaired) electrons. The molecule has 0 unspecified atom stereocenters. The highest BCUT2D eigenvalue weighted by Crippen LogP contribution is 2.33. The van der Waals surface area contributed by atoms with Crippen LogP contribution in [0.1, 0.15) is 24.2 Å². The third-order valence-corrected chi connectivity index (χ3v) is 5.17. The SMILES string of the molecule is CC(C)Nc1ncc2cc(-c3cccc(C(=O)Nc4cccc(N(C)C)c4)c3)c(O)cc2n1. The van der Waals surface area contributed by atoms with Crippen LogP contribution in [0.2, 0.25) is 0 Å². The zero-order valence-corrected chi connectivity index (χ0v) is 19.1. The van der Waals surface area contributed by atoms with Gasteiger partial charge >= 0.3 is 0 Å². The van der Waals surface area contributed by atoms with Gasteiger partial charge in [-0.05, 0) is 55.8 Å². The Labute approximate surface area is 193 Å². The predicted octanol–water partition coefficient (Wildman–Crippen LogP) is 5.14. The number of benzene rings is 3.